The van der Waals surface area contributed by atoms with E-state index in [9.17, 15) is 4.79 Å². The Morgan fingerprint density at radius 1 is 1.33 bits per heavy atom. The molecule has 1 atom stereocenters. The molecule has 1 N–H and O–H groups in total. The lowest BCUT2D eigenvalue weighted by molar-refractivity contribution is -0.120. The molecule has 1 amide bonds. The van der Waals surface area contributed by atoms with Crippen LogP contribution in [0.4, 0.5) is 0 Å². The van der Waals surface area contributed by atoms with Gasteiger partial charge < -0.3 is 5.32 Å². The molecular weight excluding hydrogens is 264 g/mol. The predicted molar refractivity (Wildman–Crippen MR) is 84.3 cm³/mol. The highest BCUT2D eigenvalue weighted by Gasteiger charge is 2.21. The van der Waals surface area contributed by atoms with Crippen molar-refractivity contribution in [2.45, 2.75) is 52.5 Å². The van der Waals surface area contributed by atoms with Crippen LogP contribution in [0.5, 0.6) is 0 Å². The zero-order chi connectivity index (χ0) is 15.4. The molecule has 0 bridgehead atoms. The van der Waals surface area contributed by atoms with Gasteiger partial charge in [-0.3, -0.25) is 14.4 Å². The number of hydrogen-bond donors (Lipinski definition) is 1. The molecule has 1 aromatic rings. The van der Waals surface area contributed by atoms with E-state index >= 15 is 0 Å². The Labute approximate surface area is 127 Å². The fourth-order valence-electron chi connectivity index (χ4n) is 3.17. The quantitative estimate of drug-likeness (QED) is 0.866. The molecule has 1 aromatic heterocycles. The number of carbonyl (C=O) groups excluding carboxylic acids is 1. The van der Waals surface area contributed by atoms with E-state index < -0.39 is 0 Å². The average Bonchev–Trinajstić information content (AvgIpc) is 3.05. The van der Waals surface area contributed by atoms with Crippen LogP contribution in [0.3, 0.4) is 0 Å². The minimum atomic E-state index is 0.104. The molecule has 0 radical (unpaired) electrons. The maximum atomic E-state index is 12.2. The maximum Gasteiger partial charge on any atom is 0.224 e. The minimum absolute atomic E-state index is 0.104. The third kappa shape index (κ3) is 3.84. The molecule has 1 aliphatic heterocycles. The Bertz CT molecular complexity index is 489. The van der Waals surface area contributed by atoms with Gasteiger partial charge in [0.2, 0.25) is 5.91 Å². The lowest BCUT2D eigenvalue weighted by atomic mass is 10.1. The molecule has 1 fully saturated rings. The molecule has 118 valence electrons. The van der Waals surface area contributed by atoms with Crippen LogP contribution < -0.4 is 5.32 Å². The van der Waals surface area contributed by atoms with Crippen LogP contribution in [0.15, 0.2) is 0 Å². The predicted octanol–water partition coefficient (Wildman–Crippen LogP) is 1.57. The number of carbonyl (C=O) groups is 1. The number of nitrogens with one attached hydrogen (secondary N) is 1. The molecule has 1 aliphatic rings. The van der Waals surface area contributed by atoms with Gasteiger partial charge >= 0.3 is 0 Å². The molecule has 21 heavy (non-hydrogen) atoms. The topological polar surface area (TPSA) is 50.2 Å². The Hall–Kier alpha value is -1.36. The van der Waals surface area contributed by atoms with E-state index in [1.165, 1.54) is 25.9 Å². The number of aryl methyl sites for hydroxylation is 2. The molecule has 0 saturated carbocycles. The van der Waals surface area contributed by atoms with Gasteiger partial charge in [0.25, 0.3) is 0 Å². The van der Waals surface area contributed by atoms with Gasteiger partial charge in [0.05, 0.1) is 12.1 Å². The summed E-state index contributed by atoms with van der Waals surface area (Å²) >= 11 is 0. The van der Waals surface area contributed by atoms with Crippen LogP contribution in [-0.4, -0.2) is 46.3 Å². The molecule has 1 saturated heterocycles. The summed E-state index contributed by atoms with van der Waals surface area (Å²) in [5.41, 5.74) is 3.09. The van der Waals surface area contributed by atoms with E-state index in [0.717, 1.165) is 29.9 Å². The largest absolute Gasteiger partial charge is 0.354 e. The monoisotopic (exact) mass is 292 g/mol. The molecule has 5 nitrogen and oxygen atoms in total. The smallest absolute Gasteiger partial charge is 0.224 e. The lowest BCUT2D eigenvalue weighted by Gasteiger charge is -2.26. The first-order valence-corrected chi connectivity index (χ1v) is 8.02. The highest BCUT2D eigenvalue weighted by molar-refractivity contribution is 5.79. The van der Waals surface area contributed by atoms with E-state index in [4.69, 9.17) is 0 Å². The van der Waals surface area contributed by atoms with Crippen molar-refractivity contribution in [2.75, 3.05) is 19.6 Å². The van der Waals surface area contributed by atoms with E-state index in [2.05, 4.69) is 22.2 Å². The van der Waals surface area contributed by atoms with Crippen molar-refractivity contribution >= 4 is 5.91 Å². The molecule has 2 rings (SSSR count). The average molecular weight is 292 g/mol. The summed E-state index contributed by atoms with van der Waals surface area (Å²) in [5, 5.41) is 7.47. The molecule has 5 heteroatoms. The van der Waals surface area contributed by atoms with Crippen LogP contribution in [0.2, 0.25) is 0 Å². The van der Waals surface area contributed by atoms with Gasteiger partial charge in [-0.15, -0.1) is 0 Å². The Balaban J connectivity index is 1.86. The van der Waals surface area contributed by atoms with Crippen molar-refractivity contribution in [2.24, 2.45) is 7.05 Å². The Morgan fingerprint density at radius 3 is 2.52 bits per heavy atom. The first-order valence-electron chi connectivity index (χ1n) is 8.02. The third-order valence-corrected chi connectivity index (χ3v) is 4.66. The Morgan fingerprint density at radius 2 is 2.00 bits per heavy atom. The summed E-state index contributed by atoms with van der Waals surface area (Å²) in [5.74, 6) is 0.104. The summed E-state index contributed by atoms with van der Waals surface area (Å²) in [6.07, 6.45) is 4.10. The molecule has 0 spiro atoms. The summed E-state index contributed by atoms with van der Waals surface area (Å²) in [7, 11) is 1.92. The van der Waals surface area contributed by atoms with Crippen molar-refractivity contribution in [3.05, 3.63) is 17.0 Å². The number of hydrogen-bond acceptors (Lipinski definition) is 3. The first-order chi connectivity index (χ1) is 10.0. The number of aromatic nitrogens is 2. The van der Waals surface area contributed by atoms with Crippen LogP contribution in [0.25, 0.3) is 0 Å². The molecular formula is C16H28N4O. The zero-order valence-electron chi connectivity index (χ0n) is 13.8. The van der Waals surface area contributed by atoms with Gasteiger partial charge in [-0.1, -0.05) is 6.92 Å². The van der Waals surface area contributed by atoms with E-state index in [1.54, 1.807) is 0 Å². The molecule has 2 heterocycles. The molecule has 0 aliphatic carbocycles. The second-order valence-electron chi connectivity index (χ2n) is 6.06. The highest BCUT2D eigenvalue weighted by Crippen LogP contribution is 2.14. The van der Waals surface area contributed by atoms with Crippen molar-refractivity contribution < 1.29 is 4.79 Å². The SMILES string of the molecule is CC[C@@H](CNC(=O)Cc1c(C)nn(C)c1C)N1CCCC1. The van der Waals surface area contributed by atoms with Gasteiger partial charge in [-0.2, -0.15) is 5.10 Å². The van der Waals surface area contributed by atoms with E-state index in [0.29, 0.717) is 12.5 Å². The van der Waals surface area contributed by atoms with Crippen LogP contribution >= 0.6 is 0 Å². The normalized spacial score (nSPS) is 17.1. The van der Waals surface area contributed by atoms with Gasteiger partial charge in [-0.05, 0) is 46.2 Å². The second kappa shape index (κ2) is 7.07. The fraction of sp³-hybridized carbons (Fsp3) is 0.750. The Kier molecular flexibility index (Phi) is 5.39. The number of rotatable bonds is 6. The van der Waals surface area contributed by atoms with Crippen LogP contribution in [-0.2, 0) is 18.3 Å². The minimum Gasteiger partial charge on any atom is -0.354 e. The summed E-state index contributed by atoms with van der Waals surface area (Å²) in [6.45, 7) is 9.29. The summed E-state index contributed by atoms with van der Waals surface area (Å²) in [4.78, 5) is 14.7. The van der Waals surface area contributed by atoms with Crippen molar-refractivity contribution in [1.82, 2.24) is 20.0 Å². The van der Waals surface area contributed by atoms with Gasteiger partial charge in [-0.25, -0.2) is 0 Å². The lowest BCUT2D eigenvalue weighted by Crippen LogP contribution is -2.42. The van der Waals surface area contributed by atoms with Crippen molar-refractivity contribution in [3.63, 3.8) is 0 Å². The standard InChI is InChI=1S/C16H28N4O/c1-5-14(20-8-6-7-9-20)11-17-16(21)10-15-12(2)18-19(4)13(15)3/h14H,5-11H2,1-4H3,(H,17,21)/t14-/m0/s1. The van der Waals surface area contributed by atoms with Gasteiger partial charge in [0.15, 0.2) is 0 Å². The number of amides is 1. The fourth-order valence-corrected chi connectivity index (χ4v) is 3.17. The van der Waals surface area contributed by atoms with E-state index in [-0.39, 0.29) is 5.91 Å². The van der Waals surface area contributed by atoms with Crippen molar-refractivity contribution in [3.8, 4) is 0 Å². The maximum absolute atomic E-state index is 12.2. The highest BCUT2D eigenvalue weighted by atomic mass is 16.1. The summed E-state index contributed by atoms with van der Waals surface area (Å²) < 4.78 is 1.84. The van der Waals surface area contributed by atoms with E-state index in [1.807, 2.05) is 25.6 Å². The van der Waals surface area contributed by atoms with Gasteiger partial charge in [0.1, 0.15) is 0 Å². The number of nitrogens with zero attached hydrogens (tertiary/aromatic N) is 3. The van der Waals surface area contributed by atoms with Crippen molar-refractivity contribution in [1.29, 1.82) is 0 Å². The molecule has 0 aromatic carbocycles. The third-order valence-electron chi connectivity index (χ3n) is 4.66. The summed E-state index contributed by atoms with van der Waals surface area (Å²) in [6, 6.07) is 0.479. The molecule has 0 unspecified atom stereocenters. The van der Waals surface area contributed by atoms with Crippen LogP contribution in [0, 0.1) is 13.8 Å². The number of likely N-dealkylation sites (tertiary alicyclic amines) is 1. The second-order valence-corrected chi connectivity index (χ2v) is 6.06. The van der Waals surface area contributed by atoms with Crippen LogP contribution in [0.1, 0.15) is 43.1 Å². The zero-order valence-corrected chi connectivity index (χ0v) is 13.8. The first kappa shape index (κ1) is 16.0. The van der Waals surface area contributed by atoms with Gasteiger partial charge in [0, 0.05) is 30.9 Å².